The molecule has 1 aromatic carbocycles. The van der Waals surface area contributed by atoms with Gasteiger partial charge in [0.25, 0.3) is 0 Å². The quantitative estimate of drug-likeness (QED) is 0.784. The van der Waals surface area contributed by atoms with Crippen molar-refractivity contribution in [2.75, 3.05) is 6.54 Å². The zero-order valence-corrected chi connectivity index (χ0v) is 10.0. The van der Waals surface area contributed by atoms with Gasteiger partial charge >= 0.3 is 0 Å². The minimum absolute atomic E-state index is 0.707. The van der Waals surface area contributed by atoms with Crippen molar-refractivity contribution in [2.45, 2.75) is 45.4 Å². The van der Waals surface area contributed by atoms with Gasteiger partial charge in [-0.05, 0) is 61.8 Å². The fourth-order valence-electron chi connectivity index (χ4n) is 3.17. The molecule has 0 heterocycles. The smallest absolute Gasteiger partial charge is 0.00714 e. The van der Waals surface area contributed by atoms with Gasteiger partial charge in [0.05, 0.1) is 0 Å². The van der Waals surface area contributed by atoms with E-state index in [1.807, 2.05) is 0 Å². The Morgan fingerprint density at radius 1 is 1.33 bits per heavy atom. The van der Waals surface area contributed by atoms with Crippen LogP contribution in [0.2, 0.25) is 0 Å². The summed E-state index contributed by atoms with van der Waals surface area (Å²) in [4.78, 5) is 0. The van der Waals surface area contributed by atoms with Crippen molar-refractivity contribution in [3.05, 3.63) is 34.4 Å². The highest BCUT2D eigenvalue weighted by Crippen LogP contribution is 2.44. The van der Waals surface area contributed by atoms with Crippen molar-refractivity contribution >= 4 is 0 Å². The lowest BCUT2D eigenvalue weighted by atomic mass is 9.94. The van der Waals surface area contributed by atoms with Crippen LogP contribution in [0.25, 0.3) is 0 Å². The maximum Gasteiger partial charge on any atom is -0.00714 e. The summed E-state index contributed by atoms with van der Waals surface area (Å²) in [5, 5.41) is 0. The second-order valence-electron chi connectivity index (χ2n) is 5.00. The summed E-state index contributed by atoms with van der Waals surface area (Å²) in [6.07, 6.45) is 2.43. The molecule has 1 nitrogen and oxygen atoms in total. The first kappa shape index (κ1) is 10.7. The van der Waals surface area contributed by atoms with Crippen LogP contribution in [0.15, 0.2) is 12.1 Å². The lowest BCUT2D eigenvalue weighted by Gasteiger charge is -2.12. The summed E-state index contributed by atoms with van der Waals surface area (Å²) < 4.78 is 0. The minimum Gasteiger partial charge on any atom is -0.330 e. The number of nitrogens with two attached hydrogens (primary N) is 1. The van der Waals surface area contributed by atoms with Gasteiger partial charge in [-0.3, -0.25) is 0 Å². The van der Waals surface area contributed by atoms with E-state index >= 15 is 0 Å². The van der Waals surface area contributed by atoms with Gasteiger partial charge < -0.3 is 5.73 Å². The molecule has 0 bridgehead atoms. The van der Waals surface area contributed by atoms with Crippen molar-refractivity contribution in [1.29, 1.82) is 0 Å². The third-order valence-electron chi connectivity index (χ3n) is 3.65. The average Bonchev–Trinajstić information content (AvgIpc) is 2.43. The van der Waals surface area contributed by atoms with Crippen LogP contribution in [0.4, 0.5) is 0 Å². The molecule has 0 radical (unpaired) electrons. The maximum atomic E-state index is 5.69. The van der Waals surface area contributed by atoms with Gasteiger partial charge in [0.1, 0.15) is 0 Å². The molecule has 2 unspecified atom stereocenters. The second-order valence-corrected chi connectivity index (χ2v) is 5.00. The molecule has 1 aliphatic carbocycles. The lowest BCUT2D eigenvalue weighted by Crippen LogP contribution is -2.05. The van der Waals surface area contributed by atoms with E-state index in [0.29, 0.717) is 5.92 Å². The Bertz CT molecular complexity index is 368. The number of hydrogen-bond acceptors (Lipinski definition) is 1. The Morgan fingerprint density at radius 3 is 2.73 bits per heavy atom. The molecule has 82 valence electrons. The van der Waals surface area contributed by atoms with Crippen LogP contribution >= 0.6 is 0 Å². The maximum absolute atomic E-state index is 5.69. The summed E-state index contributed by atoms with van der Waals surface area (Å²) in [5.41, 5.74) is 11.7. The SMILES string of the molecule is Cc1cc(C)c2c(c1)C(CCN)CC2C. The Morgan fingerprint density at radius 2 is 2.07 bits per heavy atom. The number of aryl methyl sites for hydroxylation is 2. The topological polar surface area (TPSA) is 26.0 Å². The molecule has 2 N–H and O–H groups in total. The van der Waals surface area contributed by atoms with Gasteiger partial charge in [0, 0.05) is 0 Å². The van der Waals surface area contributed by atoms with E-state index in [1.165, 1.54) is 17.5 Å². The fourth-order valence-corrected chi connectivity index (χ4v) is 3.17. The molecular weight excluding hydrogens is 182 g/mol. The van der Waals surface area contributed by atoms with Crippen molar-refractivity contribution in [3.63, 3.8) is 0 Å². The molecule has 0 saturated carbocycles. The van der Waals surface area contributed by atoms with Crippen LogP contribution in [0.5, 0.6) is 0 Å². The molecule has 1 aliphatic rings. The third kappa shape index (κ3) is 1.81. The van der Waals surface area contributed by atoms with Crippen LogP contribution in [0.3, 0.4) is 0 Å². The molecule has 1 heteroatoms. The van der Waals surface area contributed by atoms with E-state index in [-0.39, 0.29) is 0 Å². The number of rotatable bonds is 2. The van der Waals surface area contributed by atoms with Crippen LogP contribution in [-0.2, 0) is 0 Å². The first-order valence-corrected chi connectivity index (χ1v) is 5.94. The number of hydrogen-bond donors (Lipinski definition) is 1. The van der Waals surface area contributed by atoms with Crippen LogP contribution < -0.4 is 5.73 Å². The summed E-state index contributed by atoms with van der Waals surface area (Å²) in [5.74, 6) is 1.43. The molecular formula is C14H21N. The van der Waals surface area contributed by atoms with E-state index < -0.39 is 0 Å². The summed E-state index contributed by atoms with van der Waals surface area (Å²) in [6.45, 7) is 7.59. The van der Waals surface area contributed by atoms with E-state index in [4.69, 9.17) is 5.73 Å². The van der Waals surface area contributed by atoms with E-state index in [1.54, 1.807) is 11.1 Å². The van der Waals surface area contributed by atoms with E-state index in [0.717, 1.165) is 18.9 Å². The number of fused-ring (bicyclic) bond motifs is 1. The summed E-state index contributed by atoms with van der Waals surface area (Å²) in [6, 6.07) is 4.67. The monoisotopic (exact) mass is 203 g/mol. The predicted octanol–water partition coefficient (Wildman–Crippen LogP) is 3.24. The Labute approximate surface area is 92.7 Å². The van der Waals surface area contributed by atoms with Gasteiger partial charge in [-0.15, -0.1) is 0 Å². The zero-order valence-electron chi connectivity index (χ0n) is 10.0. The van der Waals surface area contributed by atoms with Gasteiger partial charge in [-0.25, -0.2) is 0 Å². The zero-order chi connectivity index (χ0) is 11.0. The molecule has 0 amide bonds. The molecule has 0 spiro atoms. The molecule has 0 aliphatic heterocycles. The van der Waals surface area contributed by atoms with Gasteiger partial charge in [0.15, 0.2) is 0 Å². The van der Waals surface area contributed by atoms with Crippen LogP contribution in [-0.4, -0.2) is 6.54 Å². The molecule has 2 rings (SSSR count). The largest absolute Gasteiger partial charge is 0.330 e. The van der Waals surface area contributed by atoms with Crippen LogP contribution in [0, 0.1) is 13.8 Å². The van der Waals surface area contributed by atoms with Crippen molar-refractivity contribution in [3.8, 4) is 0 Å². The molecule has 2 atom stereocenters. The summed E-state index contributed by atoms with van der Waals surface area (Å²) >= 11 is 0. The second kappa shape index (κ2) is 3.97. The first-order valence-electron chi connectivity index (χ1n) is 5.94. The number of benzene rings is 1. The Kier molecular flexibility index (Phi) is 2.83. The third-order valence-corrected chi connectivity index (χ3v) is 3.65. The lowest BCUT2D eigenvalue weighted by molar-refractivity contribution is 0.584. The van der Waals surface area contributed by atoms with E-state index in [9.17, 15) is 0 Å². The first-order chi connectivity index (χ1) is 7.13. The van der Waals surface area contributed by atoms with Gasteiger partial charge in [-0.2, -0.15) is 0 Å². The normalized spacial score (nSPS) is 24.3. The molecule has 15 heavy (non-hydrogen) atoms. The highest BCUT2D eigenvalue weighted by Gasteiger charge is 2.28. The average molecular weight is 203 g/mol. The standard InChI is InChI=1S/C14H21N/c1-9-6-10(2)14-11(3)8-12(4-5-15)13(14)7-9/h6-7,11-12H,4-5,8,15H2,1-3H3. The Hall–Kier alpha value is -0.820. The van der Waals surface area contributed by atoms with Crippen molar-refractivity contribution in [2.24, 2.45) is 5.73 Å². The van der Waals surface area contributed by atoms with E-state index in [2.05, 4.69) is 32.9 Å². The van der Waals surface area contributed by atoms with Crippen LogP contribution in [0.1, 0.15) is 53.9 Å². The van der Waals surface area contributed by atoms with Gasteiger partial charge in [0.2, 0.25) is 0 Å². The highest BCUT2D eigenvalue weighted by molar-refractivity contribution is 5.45. The summed E-state index contributed by atoms with van der Waals surface area (Å²) in [7, 11) is 0. The van der Waals surface area contributed by atoms with Crippen molar-refractivity contribution in [1.82, 2.24) is 0 Å². The molecule has 0 saturated heterocycles. The molecule has 1 aromatic rings. The predicted molar refractivity (Wildman–Crippen MR) is 65.4 cm³/mol. The van der Waals surface area contributed by atoms with Gasteiger partial charge in [-0.1, -0.05) is 24.6 Å². The highest BCUT2D eigenvalue weighted by atomic mass is 14.5. The minimum atomic E-state index is 0.707. The fraction of sp³-hybridized carbons (Fsp3) is 0.571. The Balaban J connectivity index is 2.45. The molecule has 0 aromatic heterocycles. The molecule has 0 fully saturated rings. The van der Waals surface area contributed by atoms with Crippen molar-refractivity contribution < 1.29 is 0 Å².